The molecule has 5 rings (SSSR count). The quantitative estimate of drug-likeness (QED) is 0.345. The van der Waals surface area contributed by atoms with Gasteiger partial charge in [-0.2, -0.15) is 0 Å². The SMILES string of the molecule is CCCN1C(=O)c2c(C(=O)Nc3nc4ccc(C)cc4s3)ncn2C[C@]1(C)C(=O)NCc1ccc(OC)cc1. The van der Waals surface area contributed by atoms with Crippen molar-refractivity contribution in [1.29, 1.82) is 0 Å². The van der Waals surface area contributed by atoms with Crippen molar-refractivity contribution in [1.82, 2.24) is 24.8 Å². The Morgan fingerprint density at radius 1 is 1.18 bits per heavy atom. The summed E-state index contributed by atoms with van der Waals surface area (Å²) in [4.78, 5) is 50.8. The summed E-state index contributed by atoms with van der Waals surface area (Å²) >= 11 is 1.36. The molecule has 0 radical (unpaired) electrons. The van der Waals surface area contributed by atoms with Crippen LogP contribution in [0, 0.1) is 6.92 Å². The number of aromatic nitrogens is 3. The lowest BCUT2D eigenvalue weighted by Crippen LogP contribution is -2.64. The van der Waals surface area contributed by atoms with Crippen molar-refractivity contribution in [3.8, 4) is 5.75 Å². The summed E-state index contributed by atoms with van der Waals surface area (Å²) < 4.78 is 7.74. The minimum atomic E-state index is -1.16. The van der Waals surface area contributed by atoms with Gasteiger partial charge in [0.05, 0.1) is 30.2 Å². The van der Waals surface area contributed by atoms with Gasteiger partial charge in [-0.3, -0.25) is 19.7 Å². The Morgan fingerprint density at radius 2 is 1.95 bits per heavy atom. The summed E-state index contributed by atoms with van der Waals surface area (Å²) in [5.74, 6) is -0.477. The van der Waals surface area contributed by atoms with Crippen LogP contribution >= 0.6 is 11.3 Å². The summed E-state index contributed by atoms with van der Waals surface area (Å²) in [5.41, 5.74) is 1.81. The predicted octanol–water partition coefficient (Wildman–Crippen LogP) is 4.00. The topological polar surface area (TPSA) is 118 Å². The minimum absolute atomic E-state index is 0.0113. The molecule has 0 aliphatic carbocycles. The minimum Gasteiger partial charge on any atom is -0.497 e. The van der Waals surface area contributed by atoms with Gasteiger partial charge in [0.25, 0.3) is 11.8 Å². The summed E-state index contributed by atoms with van der Waals surface area (Å²) in [7, 11) is 1.60. The molecule has 202 valence electrons. The molecular formula is C28H30N6O4S. The Bertz CT molecular complexity index is 1560. The summed E-state index contributed by atoms with van der Waals surface area (Å²) in [6.07, 6.45) is 2.09. The number of hydrogen-bond acceptors (Lipinski definition) is 7. The van der Waals surface area contributed by atoms with Gasteiger partial charge in [-0.1, -0.05) is 36.5 Å². The number of anilines is 1. The molecule has 0 bridgehead atoms. The molecule has 2 aromatic heterocycles. The number of carbonyl (C=O) groups excluding carboxylic acids is 3. The molecule has 1 atom stereocenters. The third-order valence-electron chi connectivity index (χ3n) is 6.89. The lowest BCUT2D eigenvalue weighted by molar-refractivity contribution is -0.133. The highest BCUT2D eigenvalue weighted by molar-refractivity contribution is 7.22. The Hall–Kier alpha value is -4.25. The molecule has 0 saturated carbocycles. The van der Waals surface area contributed by atoms with Crippen LogP contribution < -0.4 is 15.4 Å². The second-order valence-electron chi connectivity index (χ2n) is 9.78. The fourth-order valence-electron chi connectivity index (χ4n) is 4.79. The normalized spacial score (nSPS) is 16.7. The molecule has 11 heteroatoms. The Kier molecular flexibility index (Phi) is 7.09. The average molecular weight is 547 g/mol. The van der Waals surface area contributed by atoms with Gasteiger partial charge in [0, 0.05) is 13.1 Å². The molecule has 10 nitrogen and oxygen atoms in total. The molecule has 3 heterocycles. The largest absolute Gasteiger partial charge is 0.497 e. The van der Waals surface area contributed by atoms with Gasteiger partial charge >= 0.3 is 0 Å². The van der Waals surface area contributed by atoms with Crippen LogP contribution in [0.25, 0.3) is 10.2 Å². The number of amides is 3. The fourth-order valence-corrected chi connectivity index (χ4v) is 5.74. The van der Waals surface area contributed by atoms with Crippen LogP contribution in [-0.4, -0.2) is 56.3 Å². The zero-order chi connectivity index (χ0) is 27.7. The smallest absolute Gasteiger partial charge is 0.278 e. The molecule has 3 amide bonds. The van der Waals surface area contributed by atoms with Crippen molar-refractivity contribution in [2.24, 2.45) is 0 Å². The number of benzene rings is 2. The van der Waals surface area contributed by atoms with Crippen molar-refractivity contribution < 1.29 is 19.1 Å². The second kappa shape index (κ2) is 10.5. The van der Waals surface area contributed by atoms with Crippen molar-refractivity contribution in [2.45, 2.75) is 45.8 Å². The number of fused-ring (bicyclic) bond motifs is 2. The highest BCUT2D eigenvalue weighted by atomic mass is 32.1. The van der Waals surface area contributed by atoms with Crippen molar-refractivity contribution in [3.63, 3.8) is 0 Å². The van der Waals surface area contributed by atoms with E-state index < -0.39 is 17.4 Å². The van der Waals surface area contributed by atoms with Crippen molar-refractivity contribution in [3.05, 3.63) is 71.3 Å². The third kappa shape index (κ3) is 4.97. The van der Waals surface area contributed by atoms with Gasteiger partial charge in [0.1, 0.15) is 17.0 Å². The maximum absolute atomic E-state index is 13.8. The van der Waals surface area contributed by atoms with Crippen LogP contribution in [0.1, 0.15) is 52.4 Å². The highest BCUT2D eigenvalue weighted by Crippen LogP contribution is 2.31. The zero-order valence-corrected chi connectivity index (χ0v) is 23.1. The highest BCUT2D eigenvalue weighted by Gasteiger charge is 2.48. The monoisotopic (exact) mass is 546 g/mol. The molecule has 1 aliphatic heterocycles. The molecule has 0 fully saturated rings. The first kappa shape index (κ1) is 26.4. The summed E-state index contributed by atoms with van der Waals surface area (Å²) in [6.45, 7) is 6.51. The molecule has 0 spiro atoms. The van der Waals surface area contributed by atoms with E-state index in [4.69, 9.17) is 4.74 Å². The molecule has 0 unspecified atom stereocenters. The lowest BCUT2D eigenvalue weighted by Gasteiger charge is -2.43. The second-order valence-corrected chi connectivity index (χ2v) is 10.8. The standard InChI is InChI=1S/C28H30N6O4S/c1-5-12-34-25(36)23-22(24(35)32-27-31-20-11-6-17(2)13-21(20)39-27)30-16-33(23)15-28(34,3)26(37)29-14-18-7-9-19(38-4)10-8-18/h6-11,13,16H,5,12,14-15H2,1-4H3,(H,29,37)(H,31,32,35)/t28-/m1/s1. The van der Waals surface area contributed by atoms with Crippen LogP contribution in [0.4, 0.5) is 5.13 Å². The van der Waals surface area contributed by atoms with Crippen LogP contribution in [0.5, 0.6) is 5.75 Å². The van der Waals surface area contributed by atoms with Crippen molar-refractivity contribution >= 4 is 44.4 Å². The van der Waals surface area contributed by atoms with Crippen molar-refractivity contribution in [2.75, 3.05) is 19.0 Å². The summed E-state index contributed by atoms with van der Waals surface area (Å²) in [6, 6.07) is 13.3. The van der Waals surface area contributed by atoms with E-state index in [1.54, 1.807) is 23.5 Å². The number of thiazole rings is 1. The van der Waals surface area contributed by atoms with E-state index in [0.29, 0.717) is 24.6 Å². The summed E-state index contributed by atoms with van der Waals surface area (Å²) in [5, 5.41) is 6.20. The third-order valence-corrected chi connectivity index (χ3v) is 7.82. The van der Waals surface area contributed by atoms with Gasteiger partial charge < -0.3 is 19.5 Å². The number of rotatable bonds is 8. The molecule has 39 heavy (non-hydrogen) atoms. The van der Waals surface area contributed by atoms with Crippen LogP contribution in [-0.2, 0) is 17.9 Å². The van der Waals surface area contributed by atoms with Gasteiger partial charge in [0.15, 0.2) is 10.8 Å². The van der Waals surface area contributed by atoms with Gasteiger partial charge in [-0.05, 0) is 55.7 Å². The first-order valence-corrected chi connectivity index (χ1v) is 13.5. The molecule has 0 saturated heterocycles. The van der Waals surface area contributed by atoms with E-state index in [1.165, 1.54) is 17.7 Å². The average Bonchev–Trinajstić information content (AvgIpc) is 3.53. The first-order valence-electron chi connectivity index (χ1n) is 12.7. The zero-order valence-electron chi connectivity index (χ0n) is 22.3. The maximum Gasteiger partial charge on any atom is 0.278 e. The molecule has 2 N–H and O–H groups in total. The lowest BCUT2D eigenvalue weighted by atomic mass is 9.94. The molecule has 4 aromatic rings. The molecule has 2 aromatic carbocycles. The van der Waals surface area contributed by atoms with Crippen LogP contribution in [0.15, 0.2) is 48.8 Å². The first-order chi connectivity index (χ1) is 18.7. The van der Waals surface area contributed by atoms with Gasteiger partial charge in [0.2, 0.25) is 5.91 Å². The van der Waals surface area contributed by atoms with E-state index in [-0.39, 0.29) is 23.8 Å². The Labute approximate surface area is 230 Å². The number of nitrogens with zero attached hydrogens (tertiary/aromatic N) is 4. The van der Waals surface area contributed by atoms with Gasteiger partial charge in [-0.25, -0.2) is 9.97 Å². The number of imidazole rings is 1. The number of aryl methyl sites for hydroxylation is 1. The number of carbonyl (C=O) groups is 3. The number of ether oxygens (including phenoxy) is 1. The van der Waals surface area contributed by atoms with E-state index in [9.17, 15) is 14.4 Å². The number of methoxy groups -OCH3 is 1. The number of nitrogens with one attached hydrogen (secondary N) is 2. The number of hydrogen-bond donors (Lipinski definition) is 2. The Morgan fingerprint density at radius 3 is 2.67 bits per heavy atom. The Balaban J connectivity index is 1.37. The van der Waals surface area contributed by atoms with E-state index >= 15 is 0 Å². The van der Waals surface area contributed by atoms with E-state index in [2.05, 4.69) is 20.6 Å². The molecular weight excluding hydrogens is 516 g/mol. The predicted molar refractivity (Wildman–Crippen MR) is 149 cm³/mol. The van der Waals surface area contributed by atoms with E-state index in [0.717, 1.165) is 27.1 Å². The molecule has 1 aliphatic rings. The van der Waals surface area contributed by atoms with Crippen LogP contribution in [0.2, 0.25) is 0 Å². The van der Waals surface area contributed by atoms with Crippen LogP contribution in [0.3, 0.4) is 0 Å². The van der Waals surface area contributed by atoms with E-state index in [1.807, 2.05) is 56.3 Å². The van der Waals surface area contributed by atoms with Gasteiger partial charge in [-0.15, -0.1) is 0 Å². The maximum atomic E-state index is 13.8. The fraction of sp³-hybridized carbons (Fsp3) is 0.321.